The van der Waals surface area contributed by atoms with Crippen LogP contribution in [0, 0.1) is 10.1 Å². The molecule has 1 N–H and O–H groups in total. The molecule has 7 nitrogen and oxygen atoms in total. The standard InChI is InChI=1S/C12H14N4O3/c1-8(17)13-6-5-12-14-10-7-9(16(18)19)3-4-11(10)15(12)2/h3-4,7H,5-6H2,1-2H3,(H,13,17). The molecule has 1 heterocycles. The minimum absolute atomic E-state index is 0.0269. The number of carbonyl (C=O) groups is 1. The fourth-order valence-electron chi connectivity index (χ4n) is 1.93. The molecule has 100 valence electrons. The summed E-state index contributed by atoms with van der Waals surface area (Å²) < 4.78 is 1.88. The summed E-state index contributed by atoms with van der Waals surface area (Å²) in [7, 11) is 1.85. The number of benzene rings is 1. The number of aromatic nitrogens is 2. The Morgan fingerprint density at radius 1 is 1.53 bits per heavy atom. The van der Waals surface area contributed by atoms with Crippen molar-refractivity contribution in [2.75, 3.05) is 6.54 Å². The average Bonchev–Trinajstić information content (AvgIpc) is 2.65. The molecule has 0 aliphatic carbocycles. The van der Waals surface area contributed by atoms with Gasteiger partial charge in [0.25, 0.3) is 5.69 Å². The van der Waals surface area contributed by atoms with Gasteiger partial charge in [0, 0.05) is 39.1 Å². The molecule has 19 heavy (non-hydrogen) atoms. The number of fused-ring (bicyclic) bond motifs is 1. The van der Waals surface area contributed by atoms with Crippen LogP contribution in [0.2, 0.25) is 0 Å². The molecule has 0 spiro atoms. The second kappa shape index (κ2) is 5.05. The van der Waals surface area contributed by atoms with Gasteiger partial charge in [-0.05, 0) is 6.07 Å². The molecule has 1 aromatic heterocycles. The third kappa shape index (κ3) is 2.70. The quantitative estimate of drug-likeness (QED) is 0.661. The first kappa shape index (κ1) is 13.0. The van der Waals surface area contributed by atoms with Crippen molar-refractivity contribution in [3.63, 3.8) is 0 Å². The van der Waals surface area contributed by atoms with E-state index in [4.69, 9.17) is 0 Å². The van der Waals surface area contributed by atoms with Gasteiger partial charge in [-0.2, -0.15) is 0 Å². The zero-order valence-corrected chi connectivity index (χ0v) is 10.7. The third-order valence-electron chi connectivity index (χ3n) is 2.89. The van der Waals surface area contributed by atoms with Gasteiger partial charge in [-0.3, -0.25) is 14.9 Å². The molecule has 0 atom stereocenters. The van der Waals surface area contributed by atoms with Gasteiger partial charge in [0.2, 0.25) is 5.91 Å². The number of hydrogen-bond acceptors (Lipinski definition) is 4. The molecular weight excluding hydrogens is 248 g/mol. The first-order chi connectivity index (χ1) is 8.99. The number of nitrogens with one attached hydrogen (secondary N) is 1. The lowest BCUT2D eigenvalue weighted by atomic mass is 10.3. The molecule has 0 fully saturated rings. The predicted octanol–water partition coefficient (Wildman–Crippen LogP) is 1.16. The van der Waals surface area contributed by atoms with Crippen molar-refractivity contribution in [1.82, 2.24) is 14.9 Å². The first-order valence-corrected chi connectivity index (χ1v) is 5.83. The number of nitro groups is 1. The SMILES string of the molecule is CC(=O)NCCc1nc2cc([N+](=O)[O-])ccc2n1C. The van der Waals surface area contributed by atoms with Crippen LogP contribution in [0.5, 0.6) is 0 Å². The van der Waals surface area contributed by atoms with E-state index in [0.29, 0.717) is 18.5 Å². The molecule has 0 aliphatic rings. The Balaban J connectivity index is 2.28. The molecular formula is C12H14N4O3. The zero-order valence-electron chi connectivity index (χ0n) is 10.7. The topological polar surface area (TPSA) is 90.1 Å². The maximum Gasteiger partial charge on any atom is 0.271 e. The molecule has 0 saturated heterocycles. The summed E-state index contributed by atoms with van der Waals surface area (Å²) in [6, 6.07) is 4.60. The highest BCUT2D eigenvalue weighted by Gasteiger charge is 2.12. The number of rotatable bonds is 4. The van der Waals surface area contributed by atoms with Crippen LogP contribution in [0.15, 0.2) is 18.2 Å². The average molecular weight is 262 g/mol. The van der Waals surface area contributed by atoms with E-state index in [1.807, 2.05) is 11.6 Å². The molecule has 0 unspecified atom stereocenters. The van der Waals surface area contributed by atoms with E-state index in [1.165, 1.54) is 19.1 Å². The highest BCUT2D eigenvalue weighted by Crippen LogP contribution is 2.21. The minimum atomic E-state index is -0.439. The van der Waals surface area contributed by atoms with Crippen LogP contribution >= 0.6 is 0 Å². The monoisotopic (exact) mass is 262 g/mol. The number of non-ortho nitro benzene ring substituents is 1. The van der Waals surface area contributed by atoms with E-state index in [2.05, 4.69) is 10.3 Å². The zero-order chi connectivity index (χ0) is 14.0. The number of nitro benzene ring substituents is 1. The van der Waals surface area contributed by atoms with Gasteiger partial charge < -0.3 is 9.88 Å². The summed E-state index contributed by atoms with van der Waals surface area (Å²) in [5.41, 5.74) is 1.46. The lowest BCUT2D eigenvalue weighted by Gasteiger charge is -2.02. The predicted molar refractivity (Wildman–Crippen MR) is 69.8 cm³/mol. The van der Waals surface area contributed by atoms with Crippen molar-refractivity contribution in [2.45, 2.75) is 13.3 Å². The van der Waals surface area contributed by atoms with Gasteiger partial charge in [0.1, 0.15) is 5.82 Å². The van der Waals surface area contributed by atoms with E-state index >= 15 is 0 Å². The van der Waals surface area contributed by atoms with Crippen molar-refractivity contribution in [1.29, 1.82) is 0 Å². The molecule has 0 aliphatic heterocycles. The summed E-state index contributed by atoms with van der Waals surface area (Å²) in [5.74, 6) is 0.693. The highest BCUT2D eigenvalue weighted by atomic mass is 16.6. The fourth-order valence-corrected chi connectivity index (χ4v) is 1.93. The number of imidazole rings is 1. The highest BCUT2D eigenvalue weighted by molar-refractivity contribution is 5.78. The smallest absolute Gasteiger partial charge is 0.271 e. The van der Waals surface area contributed by atoms with E-state index in [-0.39, 0.29) is 11.6 Å². The Morgan fingerprint density at radius 2 is 2.26 bits per heavy atom. The molecule has 1 aromatic carbocycles. The molecule has 0 saturated carbocycles. The van der Waals surface area contributed by atoms with Gasteiger partial charge in [-0.25, -0.2) is 4.98 Å². The van der Waals surface area contributed by atoms with Crippen LogP contribution in [0.4, 0.5) is 5.69 Å². The van der Waals surface area contributed by atoms with E-state index in [0.717, 1.165) is 11.3 Å². The van der Waals surface area contributed by atoms with Crippen LogP contribution in [0.1, 0.15) is 12.7 Å². The van der Waals surface area contributed by atoms with Crippen molar-refractivity contribution in [2.24, 2.45) is 7.05 Å². The van der Waals surface area contributed by atoms with Gasteiger partial charge >= 0.3 is 0 Å². The lowest BCUT2D eigenvalue weighted by Crippen LogP contribution is -2.23. The number of carbonyl (C=O) groups excluding carboxylic acids is 1. The number of hydrogen-bond donors (Lipinski definition) is 1. The molecule has 7 heteroatoms. The Morgan fingerprint density at radius 3 is 2.89 bits per heavy atom. The lowest BCUT2D eigenvalue weighted by molar-refractivity contribution is -0.384. The maximum absolute atomic E-state index is 10.8. The molecule has 0 radical (unpaired) electrons. The normalized spacial score (nSPS) is 10.6. The van der Waals surface area contributed by atoms with Crippen molar-refractivity contribution in [3.05, 3.63) is 34.1 Å². The molecule has 2 aromatic rings. The summed E-state index contributed by atoms with van der Waals surface area (Å²) in [6.45, 7) is 1.95. The van der Waals surface area contributed by atoms with Crippen LogP contribution < -0.4 is 5.32 Å². The van der Waals surface area contributed by atoms with Gasteiger partial charge in [-0.15, -0.1) is 0 Å². The summed E-state index contributed by atoms with van der Waals surface area (Å²) >= 11 is 0. The van der Waals surface area contributed by atoms with Crippen molar-refractivity contribution >= 4 is 22.6 Å². The number of aryl methyl sites for hydroxylation is 1. The Bertz CT molecular complexity index is 648. The van der Waals surface area contributed by atoms with Crippen molar-refractivity contribution < 1.29 is 9.72 Å². The van der Waals surface area contributed by atoms with Crippen molar-refractivity contribution in [3.8, 4) is 0 Å². The maximum atomic E-state index is 10.8. The summed E-state index contributed by atoms with van der Waals surface area (Å²) in [6.07, 6.45) is 0.582. The minimum Gasteiger partial charge on any atom is -0.356 e. The molecule has 0 bridgehead atoms. The first-order valence-electron chi connectivity index (χ1n) is 5.83. The van der Waals surface area contributed by atoms with E-state index in [9.17, 15) is 14.9 Å². The fraction of sp³-hybridized carbons (Fsp3) is 0.333. The van der Waals surface area contributed by atoms with Gasteiger partial charge in [0.05, 0.1) is 16.0 Å². The largest absolute Gasteiger partial charge is 0.356 e. The number of nitrogens with zero attached hydrogens (tertiary/aromatic N) is 3. The van der Waals surface area contributed by atoms with Crippen LogP contribution in [-0.4, -0.2) is 26.9 Å². The second-order valence-electron chi connectivity index (χ2n) is 4.25. The van der Waals surface area contributed by atoms with E-state index in [1.54, 1.807) is 6.07 Å². The van der Waals surface area contributed by atoms with Gasteiger partial charge in [-0.1, -0.05) is 0 Å². The summed E-state index contributed by atoms with van der Waals surface area (Å²) in [5, 5.41) is 13.4. The van der Waals surface area contributed by atoms with E-state index < -0.39 is 4.92 Å². The Hall–Kier alpha value is -2.44. The van der Waals surface area contributed by atoms with Crippen LogP contribution in [0.3, 0.4) is 0 Å². The van der Waals surface area contributed by atoms with Crippen LogP contribution in [-0.2, 0) is 18.3 Å². The second-order valence-corrected chi connectivity index (χ2v) is 4.25. The molecule has 2 rings (SSSR count). The third-order valence-corrected chi connectivity index (χ3v) is 2.89. The number of amides is 1. The van der Waals surface area contributed by atoms with Crippen LogP contribution in [0.25, 0.3) is 11.0 Å². The summed E-state index contributed by atoms with van der Waals surface area (Å²) in [4.78, 5) is 25.4. The molecule has 1 amide bonds. The Labute approximate surface area is 109 Å². The van der Waals surface area contributed by atoms with Gasteiger partial charge in [0.15, 0.2) is 0 Å². The Kier molecular flexibility index (Phi) is 3.46.